The number of hydrogen-bond donors (Lipinski definition) is 1. The van der Waals surface area contributed by atoms with Gasteiger partial charge in [0, 0.05) is 25.7 Å². The monoisotopic (exact) mass is 282 g/mol. The molecule has 1 aliphatic rings. The number of amides is 1. The molecule has 1 aromatic carbocycles. The van der Waals surface area contributed by atoms with Crippen molar-refractivity contribution < 1.29 is 9.53 Å². The molecule has 1 saturated heterocycles. The molecule has 1 amide bonds. The molecule has 0 radical (unpaired) electrons. The van der Waals surface area contributed by atoms with E-state index in [1.165, 1.54) is 0 Å². The number of carbonyl (C=O) groups is 1. The molecule has 19 heavy (non-hydrogen) atoms. The van der Waals surface area contributed by atoms with Crippen LogP contribution in [0.25, 0.3) is 0 Å². The Morgan fingerprint density at radius 2 is 2.32 bits per heavy atom. The fourth-order valence-corrected chi connectivity index (χ4v) is 2.36. The summed E-state index contributed by atoms with van der Waals surface area (Å²) in [6.45, 7) is 4.91. The minimum atomic E-state index is 0.140. The zero-order valence-corrected chi connectivity index (χ0v) is 11.8. The molecule has 0 spiro atoms. The molecule has 0 aromatic heterocycles. The lowest BCUT2D eigenvalue weighted by atomic mass is 10.2. The van der Waals surface area contributed by atoms with Crippen LogP contribution in [0.2, 0.25) is 5.02 Å². The Balaban J connectivity index is 1.79. The third-order valence-electron chi connectivity index (χ3n) is 3.23. The van der Waals surface area contributed by atoms with E-state index >= 15 is 0 Å². The lowest BCUT2D eigenvalue weighted by Gasteiger charge is -2.34. The molecule has 5 heteroatoms. The van der Waals surface area contributed by atoms with Gasteiger partial charge in [-0.05, 0) is 19.1 Å². The van der Waals surface area contributed by atoms with Gasteiger partial charge in [-0.2, -0.15) is 0 Å². The van der Waals surface area contributed by atoms with E-state index in [0.717, 1.165) is 19.6 Å². The van der Waals surface area contributed by atoms with Gasteiger partial charge < -0.3 is 15.0 Å². The van der Waals surface area contributed by atoms with Crippen molar-refractivity contribution in [3.05, 3.63) is 29.3 Å². The van der Waals surface area contributed by atoms with E-state index in [1.54, 1.807) is 12.1 Å². The summed E-state index contributed by atoms with van der Waals surface area (Å²) in [5, 5.41) is 3.84. The van der Waals surface area contributed by atoms with Crippen LogP contribution in [0, 0.1) is 0 Å². The molecule has 1 aliphatic heterocycles. The molecule has 1 N–H and O–H groups in total. The van der Waals surface area contributed by atoms with Crippen LogP contribution in [0.5, 0.6) is 5.75 Å². The fraction of sp³-hybridized carbons (Fsp3) is 0.500. The van der Waals surface area contributed by atoms with Crippen molar-refractivity contribution in [2.24, 2.45) is 0 Å². The number of nitrogens with one attached hydrogen (secondary N) is 1. The van der Waals surface area contributed by atoms with E-state index < -0.39 is 0 Å². The van der Waals surface area contributed by atoms with Gasteiger partial charge >= 0.3 is 0 Å². The Morgan fingerprint density at radius 1 is 1.53 bits per heavy atom. The summed E-state index contributed by atoms with van der Waals surface area (Å²) >= 11 is 5.98. The van der Waals surface area contributed by atoms with Crippen molar-refractivity contribution >= 4 is 17.5 Å². The molecule has 1 fully saturated rings. The van der Waals surface area contributed by atoms with Crippen molar-refractivity contribution in [2.45, 2.75) is 19.4 Å². The molecular formula is C14H19ClN2O2. The molecule has 0 saturated carbocycles. The van der Waals surface area contributed by atoms with Gasteiger partial charge in [0.2, 0.25) is 5.91 Å². The molecular weight excluding hydrogens is 264 g/mol. The zero-order chi connectivity index (χ0) is 13.7. The first-order valence-electron chi connectivity index (χ1n) is 6.56. The highest BCUT2D eigenvalue weighted by molar-refractivity contribution is 6.32. The van der Waals surface area contributed by atoms with Crippen molar-refractivity contribution in [1.29, 1.82) is 0 Å². The van der Waals surface area contributed by atoms with E-state index in [4.69, 9.17) is 16.3 Å². The van der Waals surface area contributed by atoms with Gasteiger partial charge in [-0.1, -0.05) is 23.7 Å². The second-order valence-corrected chi connectivity index (χ2v) is 5.08. The largest absolute Gasteiger partial charge is 0.491 e. The van der Waals surface area contributed by atoms with Crippen LogP contribution in [0.15, 0.2) is 24.3 Å². The van der Waals surface area contributed by atoms with Gasteiger partial charge in [-0.3, -0.25) is 4.79 Å². The summed E-state index contributed by atoms with van der Waals surface area (Å²) in [5.74, 6) is 0.770. The summed E-state index contributed by atoms with van der Waals surface area (Å²) in [6, 6.07) is 7.54. The van der Waals surface area contributed by atoms with Gasteiger partial charge in [0.1, 0.15) is 5.75 Å². The van der Waals surface area contributed by atoms with Crippen molar-refractivity contribution in [3.63, 3.8) is 0 Å². The van der Waals surface area contributed by atoms with E-state index in [9.17, 15) is 4.79 Å². The number of carbonyl (C=O) groups excluding carboxylic acids is 1. The molecule has 0 aliphatic carbocycles. The number of para-hydroxylation sites is 1. The molecule has 0 unspecified atom stereocenters. The molecule has 1 atom stereocenters. The Morgan fingerprint density at radius 3 is 3.05 bits per heavy atom. The smallest absolute Gasteiger partial charge is 0.226 e. The van der Waals surface area contributed by atoms with Gasteiger partial charge in [-0.15, -0.1) is 0 Å². The van der Waals surface area contributed by atoms with E-state index in [-0.39, 0.29) is 11.9 Å². The minimum Gasteiger partial charge on any atom is -0.491 e. The van der Waals surface area contributed by atoms with Gasteiger partial charge in [0.15, 0.2) is 0 Å². The SMILES string of the molecule is C[C@H]1CNCCN1C(=O)CCOc1ccccc1Cl. The average molecular weight is 283 g/mol. The topological polar surface area (TPSA) is 41.6 Å². The summed E-state index contributed by atoms with van der Waals surface area (Å²) in [6.07, 6.45) is 0.384. The molecule has 104 valence electrons. The van der Waals surface area contributed by atoms with Crippen molar-refractivity contribution in [2.75, 3.05) is 26.2 Å². The minimum absolute atomic E-state index is 0.140. The number of halogens is 1. The van der Waals surface area contributed by atoms with Crippen LogP contribution >= 0.6 is 11.6 Å². The first kappa shape index (κ1) is 14.2. The number of piperazine rings is 1. The second-order valence-electron chi connectivity index (χ2n) is 4.67. The third kappa shape index (κ3) is 3.85. The third-order valence-corrected chi connectivity index (χ3v) is 3.54. The fourth-order valence-electron chi connectivity index (χ4n) is 2.17. The second kappa shape index (κ2) is 6.78. The number of nitrogens with zero attached hydrogens (tertiary/aromatic N) is 1. The maximum atomic E-state index is 12.1. The molecule has 1 heterocycles. The van der Waals surface area contributed by atoms with Crippen LogP contribution in [0.3, 0.4) is 0 Å². The quantitative estimate of drug-likeness (QED) is 0.917. The zero-order valence-electron chi connectivity index (χ0n) is 11.1. The molecule has 2 rings (SSSR count). The molecule has 1 aromatic rings. The number of ether oxygens (including phenoxy) is 1. The first-order chi connectivity index (χ1) is 9.18. The molecule has 0 bridgehead atoms. The van der Waals surface area contributed by atoms with Gasteiger partial charge in [0.25, 0.3) is 0 Å². The number of rotatable bonds is 4. The number of hydrogen-bond acceptors (Lipinski definition) is 3. The lowest BCUT2D eigenvalue weighted by molar-refractivity contribution is -0.134. The summed E-state index contributed by atoms with van der Waals surface area (Å²) in [7, 11) is 0. The van der Waals surface area contributed by atoms with Gasteiger partial charge in [0.05, 0.1) is 18.1 Å². The predicted octanol–water partition coefficient (Wildman–Crippen LogP) is 1.93. The van der Waals surface area contributed by atoms with Crippen LogP contribution in [-0.4, -0.2) is 43.1 Å². The lowest BCUT2D eigenvalue weighted by Crippen LogP contribution is -2.52. The Labute approximate surface area is 118 Å². The van der Waals surface area contributed by atoms with Crippen molar-refractivity contribution in [1.82, 2.24) is 10.2 Å². The Kier molecular flexibility index (Phi) is 5.05. The summed E-state index contributed by atoms with van der Waals surface area (Å²) in [4.78, 5) is 14.0. The van der Waals surface area contributed by atoms with E-state index in [2.05, 4.69) is 12.2 Å². The highest BCUT2D eigenvalue weighted by Gasteiger charge is 2.22. The number of benzene rings is 1. The van der Waals surface area contributed by atoms with Crippen molar-refractivity contribution in [3.8, 4) is 5.75 Å². The van der Waals surface area contributed by atoms with Crippen LogP contribution in [0.1, 0.15) is 13.3 Å². The summed E-state index contributed by atoms with van der Waals surface area (Å²) in [5.41, 5.74) is 0. The average Bonchev–Trinajstić information content (AvgIpc) is 2.41. The van der Waals surface area contributed by atoms with Crippen LogP contribution < -0.4 is 10.1 Å². The maximum Gasteiger partial charge on any atom is 0.226 e. The van der Waals surface area contributed by atoms with Crippen LogP contribution in [-0.2, 0) is 4.79 Å². The Bertz CT molecular complexity index is 439. The standard InChI is InChI=1S/C14H19ClN2O2/c1-11-10-16-7-8-17(11)14(18)6-9-19-13-5-3-2-4-12(13)15/h2-5,11,16H,6-10H2,1H3/t11-/m0/s1. The highest BCUT2D eigenvalue weighted by Crippen LogP contribution is 2.23. The maximum absolute atomic E-state index is 12.1. The predicted molar refractivity (Wildman–Crippen MR) is 75.6 cm³/mol. The van der Waals surface area contributed by atoms with E-state index in [1.807, 2.05) is 17.0 Å². The first-order valence-corrected chi connectivity index (χ1v) is 6.94. The molecule has 4 nitrogen and oxygen atoms in total. The van der Waals surface area contributed by atoms with Crippen LogP contribution in [0.4, 0.5) is 0 Å². The summed E-state index contributed by atoms with van der Waals surface area (Å²) < 4.78 is 5.54. The normalized spacial score (nSPS) is 19.3. The van der Waals surface area contributed by atoms with Gasteiger partial charge in [-0.25, -0.2) is 0 Å². The Hall–Kier alpha value is -1.26. The van der Waals surface area contributed by atoms with E-state index in [0.29, 0.717) is 23.8 Å². The highest BCUT2D eigenvalue weighted by atomic mass is 35.5.